The zero-order valence-corrected chi connectivity index (χ0v) is 15.7. The number of nitrogens with one attached hydrogen (secondary N) is 1. The quantitative estimate of drug-likeness (QED) is 0.826. The minimum absolute atomic E-state index is 0.0199. The lowest BCUT2D eigenvalue weighted by atomic mass is 9.96. The summed E-state index contributed by atoms with van der Waals surface area (Å²) < 4.78 is 0. The first-order valence-corrected chi connectivity index (χ1v) is 9.41. The predicted octanol–water partition coefficient (Wildman–Crippen LogP) is 3.00. The van der Waals surface area contributed by atoms with Gasteiger partial charge < -0.3 is 16.0 Å². The van der Waals surface area contributed by atoms with Crippen molar-refractivity contribution in [1.82, 2.24) is 9.88 Å². The van der Waals surface area contributed by atoms with Gasteiger partial charge in [0.25, 0.3) is 0 Å². The average molecular weight is 387 g/mol. The van der Waals surface area contributed by atoms with Gasteiger partial charge in [-0.05, 0) is 30.5 Å². The summed E-state index contributed by atoms with van der Waals surface area (Å²) in [6.45, 7) is 1.06. The van der Waals surface area contributed by atoms with Crippen molar-refractivity contribution in [2.24, 2.45) is 11.7 Å². The van der Waals surface area contributed by atoms with E-state index in [1.807, 2.05) is 30.3 Å². The van der Waals surface area contributed by atoms with Gasteiger partial charge in [0.15, 0.2) is 0 Å². The highest BCUT2D eigenvalue weighted by atomic mass is 35.5. The minimum atomic E-state index is -0.342. The molecule has 0 spiro atoms. The van der Waals surface area contributed by atoms with Crippen molar-refractivity contribution in [3.05, 3.63) is 59.2 Å². The molecule has 1 aromatic heterocycles. The lowest BCUT2D eigenvalue weighted by Crippen LogP contribution is -2.44. The Morgan fingerprint density at radius 2 is 2.04 bits per heavy atom. The molecule has 0 saturated carbocycles. The summed E-state index contributed by atoms with van der Waals surface area (Å²) in [5.74, 6) is 0.0511. The molecule has 2 unspecified atom stereocenters. The summed E-state index contributed by atoms with van der Waals surface area (Å²) in [4.78, 5) is 31.0. The molecule has 2 amide bonds. The van der Waals surface area contributed by atoms with E-state index in [9.17, 15) is 9.59 Å². The maximum Gasteiger partial charge on any atom is 0.230 e. The van der Waals surface area contributed by atoms with Crippen LogP contribution in [0.25, 0.3) is 0 Å². The Labute approximate surface area is 163 Å². The van der Waals surface area contributed by atoms with E-state index in [0.717, 1.165) is 18.4 Å². The van der Waals surface area contributed by atoms with Gasteiger partial charge in [0.2, 0.25) is 11.8 Å². The molecule has 142 valence electrons. The Kier molecular flexibility index (Phi) is 6.42. The highest BCUT2D eigenvalue weighted by Gasteiger charge is 2.29. The van der Waals surface area contributed by atoms with E-state index in [1.54, 1.807) is 17.0 Å². The number of halogens is 1. The van der Waals surface area contributed by atoms with Gasteiger partial charge in [0, 0.05) is 31.7 Å². The van der Waals surface area contributed by atoms with Crippen LogP contribution in [-0.4, -0.2) is 34.8 Å². The van der Waals surface area contributed by atoms with Crippen molar-refractivity contribution in [3.63, 3.8) is 0 Å². The number of aromatic nitrogens is 1. The molecule has 27 heavy (non-hydrogen) atoms. The van der Waals surface area contributed by atoms with Crippen LogP contribution in [0.5, 0.6) is 0 Å². The summed E-state index contributed by atoms with van der Waals surface area (Å²) in [5.41, 5.74) is 7.10. The number of carbonyl (C=O) groups excluding carboxylic acids is 2. The van der Waals surface area contributed by atoms with Crippen molar-refractivity contribution in [3.8, 4) is 0 Å². The predicted molar refractivity (Wildman–Crippen MR) is 105 cm³/mol. The number of nitrogens with two attached hydrogens (primary N) is 1. The van der Waals surface area contributed by atoms with Gasteiger partial charge in [0.1, 0.15) is 5.82 Å². The van der Waals surface area contributed by atoms with Crippen LogP contribution in [0.15, 0.2) is 48.7 Å². The monoisotopic (exact) mass is 386 g/mol. The van der Waals surface area contributed by atoms with Gasteiger partial charge >= 0.3 is 0 Å². The number of pyridine rings is 1. The fraction of sp³-hybridized carbons (Fsp3) is 0.350. The number of piperidine rings is 1. The molecular formula is C20H23ClN4O2. The summed E-state index contributed by atoms with van der Waals surface area (Å²) >= 11 is 5.81. The molecule has 2 heterocycles. The first kappa shape index (κ1) is 19.3. The van der Waals surface area contributed by atoms with Crippen LogP contribution in [0.2, 0.25) is 5.02 Å². The summed E-state index contributed by atoms with van der Waals surface area (Å²) in [5, 5.41) is 3.30. The van der Waals surface area contributed by atoms with Crippen molar-refractivity contribution in [2.45, 2.75) is 25.3 Å². The summed E-state index contributed by atoms with van der Waals surface area (Å²) in [6.07, 6.45) is 3.25. The number of hydrogen-bond donors (Lipinski definition) is 2. The Hall–Kier alpha value is -2.44. The number of carbonyl (C=O) groups is 2. The van der Waals surface area contributed by atoms with E-state index in [2.05, 4.69) is 10.3 Å². The lowest BCUT2D eigenvalue weighted by Gasteiger charge is -2.32. The number of anilines is 1. The minimum Gasteiger partial charge on any atom is -0.342 e. The lowest BCUT2D eigenvalue weighted by molar-refractivity contribution is -0.134. The largest absolute Gasteiger partial charge is 0.342 e. The topological polar surface area (TPSA) is 88.3 Å². The second-order valence-corrected chi connectivity index (χ2v) is 7.19. The third-order valence-corrected chi connectivity index (χ3v) is 4.97. The average Bonchev–Trinajstić information content (AvgIpc) is 2.70. The Morgan fingerprint density at radius 3 is 2.74 bits per heavy atom. The maximum absolute atomic E-state index is 12.6. The van der Waals surface area contributed by atoms with E-state index >= 15 is 0 Å². The fourth-order valence-corrected chi connectivity index (χ4v) is 3.34. The van der Waals surface area contributed by atoms with E-state index in [0.29, 0.717) is 23.9 Å². The number of likely N-dealkylation sites (tertiary alicyclic amines) is 1. The van der Waals surface area contributed by atoms with E-state index in [1.165, 1.54) is 6.20 Å². The van der Waals surface area contributed by atoms with Gasteiger partial charge in [-0.15, -0.1) is 0 Å². The molecular weight excluding hydrogens is 364 g/mol. The van der Waals surface area contributed by atoms with Crippen LogP contribution in [0.3, 0.4) is 0 Å². The molecule has 1 fully saturated rings. The van der Waals surface area contributed by atoms with Crippen LogP contribution in [0, 0.1) is 5.92 Å². The third-order valence-electron chi connectivity index (χ3n) is 4.75. The fourth-order valence-electron chi connectivity index (χ4n) is 3.23. The number of nitrogens with zero attached hydrogens (tertiary/aromatic N) is 2. The zero-order chi connectivity index (χ0) is 19.2. The molecule has 1 aliphatic rings. The number of amides is 2. The van der Waals surface area contributed by atoms with E-state index in [4.69, 9.17) is 17.3 Å². The molecule has 2 atom stereocenters. The Morgan fingerprint density at radius 1 is 1.26 bits per heavy atom. The normalized spacial score (nSPS) is 18.0. The molecule has 6 nitrogen and oxygen atoms in total. The molecule has 2 aromatic rings. The standard InChI is InChI=1S/C20H23ClN4O2/c21-16-8-9-18(23-12-16)24-20(27)15-7-4-10-25(13-15)19(26)11-17(22)14-5-2-1-3-6-14/h1-3,5-6,8-9,12,15,17H,4,7,10-11,13,22H2,(H,23,24,27). The van der Waals surface area contributed by atoms with E-state index in [-0.39, 0.29) is 30.2 Å². The van der Waals surface area contributed by atoms with Gasteiger partial charge in [0.05, 0.1) is 10.9 Å². The Bertz CT molecular complexity index is 782. The van der Waals surface area contributed by atoms with Gasteiger partial charge in [-0.1, -0.05) is 41.9 Å². The SMILES string of the molecule is NC(CC(=O)N1CCCC(C(=O)Nc2ccc(Cl)cn2)C1)c1ccccc1. The van der Waals surface area contributed by atoms with Crippen LogP contribution < -0.4 is 11.1 Å². The third kappa shape index (κ3) is 5.28. The summed E-state index contributed by atoms with van der Waals surface area (Å²) in [7, 11) is 0. The van der Waals surface area contributed by atoms with Crippen LogP contribution in [-0.2, 0) is 9.59 Å². The molecule has 0 radical (unpaired) electrons. The highest BCUT2D eigenvalue weighted by Crippen LogP contribution is 2.21. The molecule has 3 N–H and O–H groups in total. The van der Waals surface area contributed by atoms with Gasteiger partial charge in [-0.25, -0.2) is 4.98 Å². The second kappa shape index (κ2) is 8.97. The van der Waals surface area contributed by atoms with E-state index < -0.39 is 0 Å². The van der Waals surface area contributed by atoms with Crippen LogP contribution in [0.1, 0.15) is 30.9 Å². The molecule has 0 aliphatic carbocycles. The first-order valence-electron chi connectivity index (χ1n) is 9.03. The summed E-state index contributed by atoms with van der Waals surface area (Å²) in [6, 6.07) is 12.6. The Balaban J connectivity index is 1.55. The van der Waals surface area contributed by atoms with Gasteiger partial charge in [-0.2, -0.15) is 0 Å². The second-order valence-electron chi connectivity index (χ2n) is 6.75. The van der Waals surface area contributed by atoms with Crippen molar-refractivity contribution in [1.29, 1.82) is 0 Å². The molecule has 1 aliphatic heterocycles. The smallest absolute Gasteiger partial charge is 0.230 e. The molecule has 7 heteroatoms. The highest BCUT2D eigenvalue weighted by molar-refractivity contribution is 6.30. The molecule has 1 aromatic carbocycles. The van der Waals surface area contributed by atoms with Crippen LogP contribution >= 0.6 is 11.6 Å². The van der Waals surface area contributed by atoms with Crippen molar-refractivity contribution >= 4 is 29.2 Å². The molecule has 3 rings (SSSR count). The van der Waals surface area contributed by atoms with Gasteiger partial charge in [-0.3, -0.25) is 9.59 Å². The first-order chi connectivity index (χ1) is 13.0. The molecule has 1 saturated heterocycles. The zero-order valence-electron chi connectivity index (χ0n) is 15.0. The number of benzene rings is 1. The maximum atomic E-state index is 12.6. The van der Waals surface area contributed by atoms with Crippen molar-refractivity contribution in [2.75, 3.05) is 18.4 Å². The molecule has 0 bridgehead atoms. The number of rotatable bonds is 5. The number of hydrogen-bond acceptors (Lipinski definition) is 4. The van der Waals surface area contributed by atoms with Crippen LogP contribution in [0.4, 0.5) is 5.82 Å². The van der Waals surface area contributed by atoms with Crippen molar-refractivity contribution < 1.29 is 9.59 Å².